The normalized spacial score (nSPS) is 26.4. The lowest BCUT2D eigenvalue weighted by Gasteiger charge is -2.39. The fraction of sp³-hybridized carbons (Fsp3) is 0.714. The summed E-state index contributed by atoms with van der Waals surface area (Å²) < 4.78 is 1.79. The van der Waals surface area contributed by atoms with Crippen molar-refractivity contribution in [3.63, 3.8) is 0 Å². The summed E-state index contributed by atoms with van der Waals surface area (Å²) in [7, 11) is 0. The third-order valence-corrected chi connectivity index (χ3v) is 4.33. The number of piperazine rings is 1. The second-order valence-electron chi connectivity index (χ2n) is 6.40. The lowest BCUT2D eigenvalue weighted by Crippen LogP contribution is -2.66. The highest BCUT2D eigenvalue weighted by Gasteiger charge is 2.52. The first-order valence-corrected chi connectivity index (χ1v) is 7.40. The lowest BCUT2D eigenvalue weighted by molar-refractivity contribution is -0.151. The van der Waals surface area contributed by atoms with Crippen LogP contribution in [0.5, 0.6) is 0 Å². The Morgan fingerprint density at radius 2 is 2.14 bits per heavy atom. The fourth-order valence-corrected chi connectivity index (χ4v) is 3.01. The molecule has 0 radical (unpaired) electrons. The zero-order chi connectivity index (χ0) is 15.2. The van der Waals surface area contributed by atoms with Gasteiger partial charge in [-0.1, -0.05) is 0 Å². The van der Waals surface area contributed by atoms with Gasteiger partial charge in [-0.25, -0.2) is 9.67 Å². The summed E-state index contributed by atoms with van der Waals surface area (Å²) in [4.78, 5) is 30.5. The molecule has 1 aromatic heterocycles. The van der Waals surface area contributed by atoms with Gasteiger partial charge in [0.1, 0.15) is 24.2 Å². The van der Waals surface area contributed by atoms with Gasteiger partial charge in [0, 0.05) is 6.04 Å². The van der Waals surface area contributed by atoms with Crippen molar-refractivity contribution in [2.75, 3.05) is 6.54 Å². The summed E-state index contributed by atoms with van der Waals surface area (Å²) in [6.07, 6.45) is 3.49. The Kier molecular flexibility index (Phi) is 3.22. The largest absolute Gasteiger partial charge is 0.340 e. The van der Waals surface area contributed by atoms with E-state index in [1.54, 1.807) is 9.58 Å². The summed E-state index contributed by atoms with van der Waals surface area (Å²) in [5, 5.41) is 7.05. The van der Waals surface area contributed by atoms with Crippen molar-refractivity contribution in [2.24, 2.45) is 5.92 Å². The maximum absolute atomic E-state index is 12.7. The van der Waals surface area contributed by atoms with E-state index < -0.39 is 5.54 Å². The topological polar surface area (TPSA) is 80.1 Å². The summed E-state index contributed by atoms with van der Waals surface area (Å²) in [5.74, 6) is 0.869. The molecule has 2 aliphatic rings. The van der Waals surface area contributed by atoms with Gasteiger partial charge < -0.3 is 10.2 Å². The molecule has 114 valence electrons. The number of carbonyl (C=O) groups is 2. The number of rotatable bonds is 4. The van der Waals surface area contributed by atoms with Crippen LogP contribution in [0.25, 0.3) is 0 Å². The third kappa shape index (κ3) is 2.41. The summed E-state index contributed by atoms with van der Waals surface area (Å²) in [6, 6.07) is 0.172. The van der Waals surface area contributed by atoms with E-state index in [0.29, 0.717) is 12.4 Å². The molecule has 7 nitrogen and oxygen atoms in total. The highest BCUT2D eigenvalue weighted by Crippen LogP contribution is 2.41. The molecular formula is C14H21N5O2. The predicted octanol–water partition coefficient (Wildman–Crippen LogP) is 0.486. The van der Waals surface area contributed by atoms with Gasteiger partial charge in [0.15, 0.2) is 0 Å². The zero-order valence-electron chi connectivity index (χ0n) is 12.7. The van der Waals surface area contributed by atoms with Gasteiger partial charge in [0.05, 0.1) is 6.54 Å². The minimum Gasteiger partial charge on any atom is -0.340 e. The molecule has 1 saturated heterocycles. The quantitative estimate of drug-likeness (QED) is 0.875. The minimum atomic E-state index is -0.752. The van der Waals surface area contributed by atoms with Crippen molar-refractivity contribution in [3.8, 4) is 0 Å². The number of hydrogen-bond acceptors (Lipinski definition) is 4. The zero-order valence-corrected chi connectivity index (χ0v) is 12.7. The first kappa shape index (κ1) is 14.0. The van der Waals surface area contributed by atoms with Crippen LogP contribution in [-0.4, -0.2) is 43.6 Å². The number of amides is 2. The van der Waals surface area contributed by atoms with E-state index in [2.05, 4.69) is 15.4 Å². The van der Waals surface area contributed by atoms with Crippen molar-refractivity contribution >= 4 is 11.8 Å². The number of hydrogen-bond donors (Lipinski definition) is 1. The molecular weight excluding hydrogens is 270 g/mol. The highest BCUT2D eigenvalue weighted by atomic mass is 16.2. The standard InChI is InChI=1S/C14H21N5O2/c1-9(2)19-11(15-8-16-19)6-18-7-12(20)17-14(3,13(18)21)10-4-5-10/h8-10H,4-7H2,1-3H3,(H,17,20). The number of nitrogens with one attached hydrogen (secondary N) is 1. The van der Waals surface area contributed by atoms with Crippen molar-refractivity contribution in [1.29, 1.82) is 0 Å². The van der Waals surface area contributed by atoms with Gasteiger partial charge in [-0.2, -0.15) is 5.10 Å². The molecule has 0 bridgehead atoms. The van der Waals surface area contributed by atoms with Crippen LogP contribution in [0, 0.1) is 5.92 Å². The molecule has 3 rings (SSSR count). The fourth-order valence-electron chi connectivity index (χ4n) is 3.01. The van der Waals surface area contributed by atoms with E-state index in [1.807, 2.05) is 20.8 Å². The molecule has 21 heavy (non-hydrogen) atoms. The number of nitrogens with zero attached hydrogens (tertiary/aromatic N) is 4. The molecule has 2 fully saturated rings. The second kappa shape index (κ2) is 4.82. The van der Waals surface area contributed by atoms with Crippen LogP contribution in [0.1, 0.15) is 45.5 Å². The van der Waals surface area contributed by atoms with Crippen molar-refractivity contribution in [2.45, 2.75) is 51.7 Å². The Hall–Kier alpha value is -1.92. The molecule has 2 amide bonds. The van der Waals surface area contributed by atoms with Crippen LogP contribution in [-0.2, 0) is 16.1 Å². The maximum Gasteiger partial charge on any atom is 0.249 e. The summed E-state index contributed by atoms with van der Waals surface area (Å²) in [5.41, 5.74) is -0.752. The van der Waals surface area contributed by atoms with Gasteiger partial charge in [0.25, 0.3) is 0 Å². The van der Waals surface area contributed by atoms with Gasteiger partial charge >= 0.3 is 0 Å². The molecule has 1 saturated carbocycles. The molecule has 7 heteroatoms. The van der Waals surface area contributed by atoms with Gasteiger partial charge in [-0.15, -0.1) is 0 Å². The van der Waals surface area contributed by atoms with Gasteiger partial charge in [-0.3, -0.25) is 9.59 Å². The lowest BCUT2D eigenvalue weighted by atomic mass is 9.91. The number of aromatic nitrogens is 3. The van der Waals surface area contributed by atoms with Gasteiger partial charge in [-0.05, 0) is 39.5 Å². The molecule has 0 aromatic carbocycles. The molecule has 1 aliphatic carbocycles. The van der Waals surface area contributed by atoms with E-state index in [-0.39, 0.29) is 30.3 Å². The monoisotopic (exact) mass is 291 g/mol. The van der Waals surface area contributed by atoms with E-state index in [4.69, 9.17) is 0 Å². The Morgan fingerprint density at radius 1 is 1.43 bits per heavy atom. The van der Waals surface area contributed by atoms with Crippen molar-refractivity contribution in [1.82, 2.24) is 25.0 Å². The molecule has 1 aromatic rings. The minimum absolute atomic E-state index is 0.0112. The summed E-state index contributed by atoms with van der Waals surface area (Å²) >= 11 is 0. The maximum atomic E-state index is 12.7. The van der Waals surface area contributed by atoms with Crippen molar-refractivity contribution < 1.29 is 9.59 Å². The van der Waals surface area contributed by atoms with E-state index in [9.17, 15) is 9.59 Å². The molecule has 1 N–H and O–H groups in total. The molecule has 2 heterocycles. The smallest absolute Gasteiger partial charge is 0.249 e. The second-order valence-corrected chi connectivity index (χ2v) is 6.40. The van der Waals surface area contributed by atoms with E-state index >= 15 is 0 Å². The van der Waals surface area contributed by atoms with Crippen LogP contribution in [0.4, 0.5) is 0 Å². The molecule has 1 unspecified atom stereocenters. The third-order valence-electron chi connectivity index (χ3n) is 4.33. The first-order chi connectivity index (χ1) is 9.91. The Labute approximate surface area is 123 Å². The van der Waals surface area contributed by atoms with Crippen molar-refractivity contribution in [3.05, 3.63) is 12.2 Å². The predicted molar refractivity (Wildman–Crippen MR) is 75.1 cm³/mol. The van der Waals surface area contributed by atoms with Crippen LogP contribution < -0.4 is 5.32 Å². The van der Waals surface area contributed by atoms with Crippen LogP contribution in [0.3, 0.4) is 0 Å². The molecule has 1 atom stereocenters. The Bertz CT molecular complexity index is 578. The summed E-state index contributed by atoms with van der Waals surface area (Å²) in [6.45, 7) is 6.28. The van der Waals surface area contributed by atoms with E-state index in [1.165, 1.54) is 6.33 Å². The SMILES string of the molecule is CC(C)n1ncnc1CN1CC(=O)NC(C)(C2CC2)C1=O. The average molecular weight is 291 g/mol. The number of carbonyl (C=O) groups excluding carboxylic acids is 2. The Balaban J connectivity index is 1.82. The van der Waals surface area contributed by atoms with Crippen LogP contribution >= 0.6 is 0 Å². The van der Waals surface area contributed by atoms with Crippen LogP contribution in [0.15, 0.2) is 6.33 Å². The first-order valence-electron chi connectivity index (χ1n) is 7.40. The van der Waals surface area contributed by atoms with E-state index in [0.717, 1.165) is 12.8 Å². The highest BCUT2D eigenvalue weighted by molar-refractivity contribution is 5.98. The molecule has 0 spiro atoms. The molecule has 1 aliphatic heterocycles. The van der Waals surface area contributed by atoms with Crippen LogP contribution in [0.2, 0.25) is 0 Å². The average Bonchev–Trinajstić information content (AvgIpc) is 3.16. The Morgan fingerprint density at radius 3 is 2.76 bits per heavy atom. The van der Waals surface area contributed by atoms with Gasteiger partial charge in [0.2, 0.25) is 11.8 Å².